The first-order chi connectivity index (χ1) is 10.6. The van der Waals surface area contributed by atoms with E-state index in [9.17, 15) is 9.90 Å². The van der Waals surface area contributed by atoms with Crippen LogP contribution in [0.1, 0.15) is 46.1 Å². The Morgan fingerprint density at radius 2 is 2.00 bits per heavy atom. The first kappa shape index (κ1) is 19.9. The fourth-order valence-electron chi connectivity index (χ4n) is 2.17. The van der Waals surface area contributed by atoms with E-state index < -0.39 is 11.7 Å². The lowest BCUT2D eigenvalue weighted by Gasteiger charge is -2.29. The van der Waals surface area contributed by atoms with Gasteiger partial charge in [0, 0.05) is 18.6 Å². The van der Waals surface area contributed by atoms with Crippen LogP contribution < -0.4 is 5.32 Å². The van der Waals surface area contributed by atoms with Crippen molar-refractivity contribution in [1.29, 1.82) is 0 Å². The Hall–Kier alpha value is -1.10. The topological polar surface area (TPSA) is 58.6 Å². The first-order valence-corrected chi connectivity index (χ1v) is 8.22. The molecule has 0 aliphatic rings. The zero-order chi connectivity index (χ0) is 17.7. The van der Waals surface area contributed by atoms with Crippen molar-refractivity contribution in [3.8, 4) is 0 Å². The maximum atomic E-state index is 12.0. The van der Waals surface area contributed by atoms with Crippen LogP contribution in [-0.4, -0.2) is 30.8 Å². The van der Waals surface area contributed by atoms with E-state index in [2.05, 4.69) is 5.32 Å². The third-order valence-corrected chi connectivity index (χ3v) is 4.39. The van der Waals surface area contributed by atoms with Crippen molar-refractivity contribution < 1.29 is 14.6 Å². The summed E-state index contributed by atoms with van der Waals surface area (Å²) in [6.07, 6.45) is 0.222. The molecule has 1 amide bonds. The van der Waals surface area contributed by atoms with Crippen LogP contribution in [-0.2, 0) is 15.1 Å². The highest BCUT2D eigenvalue weighted by Crippen LogP contribution is 2.26. The molecule has 0 saturated heterocycles. The molecular formula is C18H28ClNO3. The van der Waals surface area contributed by atoms with Gasteiger partial charge in [-0.25, -0.2) is 0 Å². The van der Waals surface area contributed by atoms with Crippen molar-refractivity contribution in [3.63, 3.8) is 0 Å². The highest BCUT2D eigenvalue weighted by atomic mass is 35.5. The van der Waals surface area contributed by atoms with Gasteiger partial charge in [0.15, 0.2) is 0 Å². The molecule has 2 atom stereocenters. The summed E-state index contributed by atoms with van der Waals surface area (Å²) in [5, 5.41) is 13.5. The Morgan fingerprint density at radius 3 is 2.52 bits per heavy atom. The molecule has 0 aliphatic heterocycles. The van der Waals surface area contributed by atoms with Crippen LogP contribution in [0.4, 0.5) is 0 Å². The van der Waals surface area contributed by atoms with Gasteiger partial charge in [-0.05, 0) is 36.5 Å². The lowest BCUT2D eigenvalue weighted by Crippen LogP contribution is -2.40. The van der Waals surface area contributed by atoms with Crippen molar-refractivity contribution in [2.75, 3.05) is 13.7 Å². The summed E-state index contributed by atoms with van der Waals surface area (Å²) in [5.41, 5.74) is 0.0354. The number of nitrogens with one attached hydrogen (secondary N) is 1. The summed E-state index contributed by atoms with van der Waals surface area (Å²) in [6.45, 7) is 8.11. The number of ether oxygens (including phenoxy) is 1. The lowest BCUT2D eigenvalue weighted by atomic mass is 9.86. The second-order valence-corrected chi connectivity index (χ2v) is 7.58. The molecule has 1 aromatic rings. The first-order valence-electron chi connectivity index (χ1n) is 7.84. The molecule has 0 heterocycles. The number of hydrogen-bond acceptors (Lipinski definition) is 3. The molecule has 0 bridgehead atoms. The number of rotatable bonds is 7. The van der Waals surface area contributed by atoms with Gasteiger partial charge in [-0.2, -0.15) is 0 Å². The van der Waals surface area contributed by atoms with Crippen LogP contribution in [0.2, 0.25) is 5.02 Å². The maximum Gasteiger partial charge on any atom is 0.220 e. The Labute approximate surface area is 144 Å². The third-order valence-electron chi connectivity index (χ3n) is 4.15. The Balaban J connectivity index is 2.59. The van der Waals surface area contributed by atoms with Crippen molar-refractivity contribution >= 4 is 17.5 Å². The minimum Gasteiger partial charge on any atom is -0.393 e. The number of methoxy groups -OCH3 is 1. The second-order valence-electron chi connectivity index (χ2n) is 7.14. The van der Waals surface area contributed by atoms with E-state index in [1.165, 1.54) is 0 Å². The summed E-state index contributed by atoms with van der Waals surface area (Å²) < 4.78 is 5.59. The van der Waals surface area contributed by atoms with Crippen LogP contribution in [0, 0.1) is 5.41 Å². The Kier molecular flexibility index (Phi) is 7.05. The molecule has 2 N–H and O–H groups in total. The molecule has 23 heavy (non-hydrogen) atoms. The van der Waals surface area contributed by atoms with Gasteiger partial charge in [0.1, 0.15) is 5.60 Å². The minimum absolute atomic E-state index is 0.0985. The number of aliphatic hydroxyl groups is 1. The van der Waals surface area contributed by atoms with Crippen LogP contribution in [0.5, 0.6) is 0 Å². The van der Waals surface area contributed by atoms with Gasteiger partial charge < -0.3 is 15.2 Å². The van der Waals surface area contributed by atoms with E-state index in [1.54, 1.807) is 13.2 Å². The summed E-state index contributed by atoms with van der Waals surface area (Å²) in [6, 6.07) is 7.41. The zero-order valence-electron chi connectivity index (χ0n) is 14.6. The van der Waals surface area contributed by atoms with Crippen molar-refractivity contribution in [2.45, 2.75) is 52.2 Å². The average molecular weight is 342 g/mol. The summed E-state index contributed by atoms with van der Waals surface area (Å²) in [4.78, 5) is 12.0. The number of carbonyl (C=O) groups is 1. The smallest absolute Gasteiger partial charge is 0.220 e. The summed E-state index contributed by atoms with van der Waals surface area (Å²) in [7, 11) is 1.61. The molecule has 5 heteroatoms. The van der Waals surface area contributed by atoms with E-state index in [0.717, 1.165) is 5.56 Å². The molecule has 1 rings (SSSR count). The molecule has 130 valence electrons. The fraction of sp³-hybridized carbons (Fsp3) is 0.611. The third kappa shape index (κ3) is 6.13. The second kappa shape index (κ2) is 8.13. The number of carbonyl (C=O) groups excluding carboxylic acids is 1. The van der Waals surface area contributed by atoms with Gasteiger partial charge in [-0.1, -0.05) is 44.5 Å². The quantitative estimate of drug-likeness (QED) is 0.798. The molecule has 0 aliphatic carbocycles. The fourth-order valence-corrected chi connectivity index (χ4v) is 2.36. The van der Waals surface area contributed by atoms with Gasteiger partial charge in [-0.3, -0.25) is 4.79 Å². The maximum absolute atomic E-state index is 12.0. The molecule has 0 aromatic heterocycles. The molecule has 1 unspecified atom stereocenters. The van der Waals surface area contributed by atoms with Crippen molar-refractivity contribution in [1.82, 2.24) is 5.32 Å². The molecule has 0 spiro atoms. The SMILES string of the molecule is CO[C@@](C)(CNC(=O)CCC(O)C(C)(C)C)c1cccc(Cl)c1. The Bertz CT molecular complexity index is 527. The molecule has 0 saturated carbocycles. The number of hydrogen-bond donors (Lipinski definition) is 2. The largest absolute Gasteiger partial charge is 0.393 e. The number of halogens is 1. The highest BCUT2D eigenvalue weighted by molar-refractivity contribution is 6.30. The summed E-state index contributed by atoms with van der Waals surface area (Å²) >= 11 is 6.03. The van der Waals surface area contributed by atoms with Crippen LogP contribution in [0.3, 0.4) is 0 Å². The highest BCUT2D eigenvalue weighted by Gasteiger charge is 2.28. The van der Waals surface area contributed by atoms with Gasteiger partial charge in [0.25, 0.3) is 0 Å². The Morgan fingerprint density at radius 1 is 1.35 bits per heavy atom. The van der Waals surface area contributed by atoms with E-state index in [4.69, 9.17) is 16.3 Å². The number of amides is 1. The van der Waals surface area contributed by atoms with Gasteiger partial charge in [0.2, 0.25) is 5.91 Å². The van der Waals surface area contributed by atoms with E-state index in [0.29, 0.717) is 18.0 Å². The van der Waals surface area contributed by atoms with Crippen LogP contribution >= 0.6 is 11.6 Å². The molecule has 4 nitrogen and oxygen atoms in total. The van der Waals surface area contributed by atoms with Gasteiger partial charge >= 0.3 is 0 Å². The van der Waals surface area contributed by atoms with Crippen LogP contribution in [0.15, 0.2) is 24.3 Å². The predicted molar refractivity (Wildman–Crippen MR) is 93.5 cm³/mol. The van der Waals surface area contributed by atoms with Crippen molar-refractivity contribution in [2.24, 2.45) is 5.41 Å². The normalized spacial score (nSPS) is 15.8. The summed E-state index contributed by atoms with van der Waals surface area (Å²) in [5.74, 6) is -0.0985. The van der Waals surface area contributed by atoms with Gasteiger partial charge in [0.05, 0.1) is 12.6 Å². The number of aliphatic hydroxyl groups excluding tert-OH is 1. The average Bonchev–Trinajstić information content (AvgIpc) is 2.49. The molecule has 0 fully saturated rings. The molecular weight excluding hydrogens is 314 g/mol. The van der Waals surface area contributed by atoms with Gasteiger partial charge in [-0.15, -0.1) is 0 Å². The standard InChI is InChI=1S/C18H28ClNO3/c1-17(2,3)15(21)9-10-16(22)20-12-18(4,23-5)13-7-6-8-14(19)11-13/h6-8,11,15,21H,9-10,12H2,1-5H3,(H,20,22)/t15?,18-/m0/s1. The van der Waals surface area contributed by atoms with E-state index in [1.807, 2.05) is 45.9 Å². The lowest BCUT2D eigenvalue weighted by molar-refractivity contribution is -0.123. The minimum atomic E-state index is -0.650. The monoisotopic (exact) mass is 341 g/mol. The zero-order valence-corrected chi connectivity index (χ0v) is 15.4. The number of benzene rings is 1. The van der Waals surface area contributed by atoms with E-state index >= 15 is 0 Å². The molecule has 1 aromatic carbocycles. The van der Waals surface area contributed by atoms with Crippen LogP contribution in [0.25, 0.3) is 0 Å². The predicted octanol–water partition coefficient (Wildman–Crippen LogP) is 3.51. The van der Waals surface area contributed by atoms with Crippen molar-refractivity contribution in [3.05, 3.63) is 34.9 Å². The molecule has 0 radical (unpaired) electrons. The van der Waals surface area contributed by atoms with E-state index in [-0.39, 0.29) is 17.7 Å².